The first-order valence-electron chi connectivity index (χ1n) is 6.59. The zero-order valence-electron chi connectivity index (χ0n) is 11.4. The van der Waals surface area contributed by atoms with E-state index in [1.54, 1.807) is 0 Å². The van der Waals surface area contributed by atoms with Crippen molar-refractivity contribution in [3.63, 3.8) is 0 Å². The van der Waals surface area contributed by atoms with Gasteiger partial charge in [-0.25, -0.2) is 4.98 Å². The lowest BCUT2D eigenvalue weighted by molar-refractivity contribution is 0.312. The second kappa shape index (κ2) is 8.25. The van der Waals surface area contributed by atoms with Crippen molar-refractivity contribution in [2.45, 2.75) is 32.7 Å². The Hall–Kier alpha value is -0.870. The van der Waals surface area contributed by atoms with E-state index in [2.05, 4.69) is 33.7 Å². The van der Waals surface area contributed by atoms with Gasteiger partial charge in [0.05, 0.1) is 6.54 Å². The fourth-order valence-electron chi connectivity index (χ4n) is 1.76. The molecular formula is C13H26N4. The number of rotatable bonds is 9. The zero-order valence-corrected chi connectivity index (χ0v) is 11.4. The van der Waals surface area contributed by atoms with Gasteiger partial charge in [-0.3, -0.25) is 4.90 Å². The second-order valence-corrected chi connectivity index (χ2v) is 4.65. The van der Waals surface area contributed by atoms with E-state index in [1.807, 2.05) is 19.4 Å². The average molecular weight is 238 g/mol. The fraction of sp³-hybridized carbons (Fsp3) is 0.769. The van der Waals surface area contributed by atoms with E-state index < -0.39 is 0 Å². The van der Waals surface area contributed by atoms with Gasteiger partial charge in [0.2, 0.25) is 0 Å². The topological polar surface area (TPSA) is 33.1 Å². The van der Waals surface area contributed by atoms with Crippen molar-refractivity contribution in [3.8, 4) is 0 Å². The van der Waals surface area contributed by atoms with Gasteiger partial charge in [0.15, 0.2) is 0 Å². The quantitative estimate of drug-likeness (QED) is 0.664. The van der Waals surface area contributed by atoms with Crippen molar-refractivity contribution in [2.24, 2.45) is 7.05 Å². The first-order chi connectivity index (χ1) is 8.24. The highest BCUT2D eigenvalue weighted by molar-refractivity contribution is 4.90. The molecule has 0 fully saturated rings. The van der Waals surface area contributed by atoms with Crippen molar-refractivity contribution < 1.29 is 0 Å². The number of imidazole rings is 1. The predicted octanol–water partition coefficient (Wildman–Crippen LogP) is 1.63. The summed E-state index contributed by atoms with van der Waals surface area (Å²) in [6.45, 7) is 6.43. The van der Waals surface area contributed by atoms with E-state index in [9.17, 15) is 0 Å². The predicted molar refractivity (Wildman–Crippen MR) is 71.9 cm³/mol. The molecular weight excluding hydrogens is 212 g/mol. The summed E-state index contributed by atoms with van der Waals surface area (Å²) < 4.78 is 2.07. The third-order valence-electron chi connectivity index (χ3n) is 2.96. The number of likely N-dealkylation sites (N-methyl/N-ethyl adjacent to an activating group) is 1. The summed E-state index contributed by atoms with van der Waals surface area (Å²) in [6, 6.07) is 0. The molecule has 0 saturated carbocycles. The van der Waals surface area contributed by atoms with Crippen molar-refractivity contribution in [3.05, 3.63) is 18.2 Å². The lowest BCUT2D eigenvalue weighted by Crippen LogP contribution is -2.30. The van der Waals surface area contributed by atoms with Gasteiger partial charge in [-0.1, -0.05) is 19.8 Å². The normalized spacial score (nSPS) is 11.3. The van der Waals surface area contributed by atoms with Crippen LogP contribution in [0.3, 0.4) is 0 Å². The molecule has 0 spiro atoms. The fourth-order valence-corrected chi connectivity index (χ4v) is 1.76. The highest BCUT2D eigenvalue weighted by atomic mass is 15.2. The Kier molecular flexibility index (Phi) is 6.89. The molecule has 0 saturated heterocycles. The van der Waals surface area contributed by atoms with Gasteiger partial charge in [-0.15, -0.1) is 0 Å². The Bertz CT molecular complexity index is 295. The van der Waals surface area contributed by atoms with Crippen LogP contribution in [-0.4, -0.2) is 41.1 Å². The van der Waals surface area contributed by atoms with E-state index in [4.69, 9.17) is 0 Å². The number of nitrogens with one attached hydrogen (secondary N) is 1. The number of aryl methyl sites for hydroxylation is 1. The molecule has 1 heterocycles. The Morgan fingerprint density at radius 3 is 2.82 bits per heavy atom. The first kappa shape index (κ1) is 14.2. The van der Waals surface area contributed by atoms with Crippen LogP contribution in [-0.2, 0) is 13.6 Å². The van der Waals surface area contributed by atoms with Crippen LogP contribution in [0.25, 0.3) is 0 Å². The van der Waals surface area contributed by atoms with Crippen molar-refractivity contribution in [2.75, 3.05) is 26.7 Å². The van der Waals surface area contributed by atoms with Crippen LogP contribution >= 0.6 is 0 Å². The smallest absolute Gasteiger partial charge is 0.122 e. The molecule has 1 rings (SSSR count). The molecule has 0 atom stereocenters. The molecule has 4 heteroatoms. The molecule has 98 valence electrons. The monoisotopic (exact) mass is 238 g/mol. The van der Waals surface area contributed by atoms with Gasteiger partial charge in [0.1, 0.15) is 5.82 Å². The van der Waals surface area contributed by atoms with E-state index >= 15 is 0 Å². The molecule has 0 radical (unpaired) electrons. The second-order valence-electron chi connectivity index (χ2n) is 4.65. The van der Waals surface area contributed by atoms with Gasteiger partial charge in [0.25, 0.3) is 0 Å². The van der Waals surface area contributed by atoms with Crippen LogP contribution in [0.2, 0.25) is 0 Å². The molecule has 4 nitrogen and oxygen atoms in total. The number of unbranched alkanes of at least 4 members (excludes halogenated alkanes) is 2. The van der Waals surface area contributed by atoms with E-state index in [-0.39, 0.29) is 0 Å². The van der Waals surface area contributed by atoms with Crippen molar-refractivity contribution in [1.82, 2.24) is 19.8 Å². The number of hydrogen-bond acceptors (Lipinski definition) is 3. The summed E-state index contributed by atoms with van der Waals surface area (Å²) in [5.41, 5.74) is 0. The Morgan fingerprint density at radius 2 is 2.18 bits per heavy atom. The van der Waals surface area contributed by atoms with Crippen LogP contribution in [0.4, 0.5) is 0 Å². The molecule has 1 aromatic rings. The Morgan fingerprint density at radius 1 is 1.35 bits per heavy atom. The molecule has 0 aliphatic rings. The Labute approximate surface area is 105 Å². The summed E-state index contributed by atoms with van der Waals surface area (Å²) in [6.07, 6.45) is 7.76. The van der Waals surface area contributed by atoms with E-state index in [1.165, 1.54) is 19.3 Å². The highest BCUT2D eigenvalue weighted by Gasteiger charge is 2.03. The van der Waals surface area contributed by atoms with Crippen LogP contribution in [0.1, 0.15) is 32.0 Å². The van der Waals surface area contributed by atoms with Gasteiger partial charge < -0.3 is 9.88 Å². The molecule has 0 aliphatic heterocycles. The third kappa shape index (κ3) is 5.84. The molecule has 0 unspecified atom stereocenters. The van der Waals surface area contributed by atoms with Crippen LogP contribution < -0.4 is 5.32 Å². The maximum atomic E-state index is 4.33. The van der Waals surface area contributed by atoms with Gasteiger partial charge in [0, 0.05) is 32.5 Å². The molecule has 1 aromatic heterocycles. The standard InChI is InChI=1S/C13H26N4/c1-4-5-6-7-14-8-10-16(2)12-13-15-9-11-17(13)3/h9,11,14H,4-8,10,12H2,1-3H3. The summed E-state index contributed by atoms with van der Waals surface area (Å²) >= 11 is 0. The minimum Gasteiger partial charge on any atom is -0.337 e. The first-order valence-corrected chi connectivity index (χ1v) is 6.59. The summed E-state index contributed by atoms with van der Waals surface area (Å²) in [7, 11) is 4.18. The molecule has 1 N–H and O–H groups in total. The van der Waals surface area contributed by atoms with Crippen LogP contribution in [0.5, 0.6) is 0 Å². The number of aromatic nitrogens is 2. The summed E-state index contributed by atoms with van der Waals surface area (Å²) in [5.74, 6) is 1.12. The zero-order chi connectivity index (χ0) is 12.5. The maximum Gasteiger partial charge on any atom is 0.122 e. The van der Waals surface area contributed by atoms with Gasteiger partial charge in [-0.05, 0) is 20.0 Å². The minimum atomic E-state index is 0.917. The molecule has 0 aliphatic carbocycles. The van der Waals surface area contributed by atoms with Gasteiger partial charge in [-0.2, -0.15) is 0 Å². The lowest BCUT2D eigenvalue weighted by Gasteiger charge is -2.16. The number of hydrogen-bond donors (Lipinski definition) is 1. The van der Waals surface area contributed by atoms with Gasteiger partial charge >= 0.3 is 0 Å². The van der Waals surface area contributed by atoms with Crippen LogP contribution in [0.15, 0.2) is 12.4 Å². The number of nitrogens with zero attached hydrogens (tertiary/aromatic N) is 3. The van der Waals surface area contributed by atoms with Crippen LogP contribution in [0, 0.1) is 0 Å². The largest absolute Gasteiger partial charge is 0.337 e. The highest BCUT2D eigenvalue weighted by Crippen LogP contribution is 1.98. The van der Waals surface area contributed by atoms with E-state index in [0.717, 1.165) is 32.0 Å². The lowest BCUT2D eigenvalue weighted by atomic mass is 10.2. The molecule has 17 heavy (non-hydrogen) atoms. The molecule has 0 aromatic carbocycles. The summed E-state index contributed by atoms with van der Waals surface area (Å²) in [4.78, 5) is 6.63. The summed E-state index contributed by atoms with van der Waals surface area (Å²) in [5, 5.41) is 3.48. The maximum absolute atomic E-state index is 4.33. The molecule has 0 amide bonds. The Balaban J connectivity index is 2.05. The average Bonchev–Trinajstić information content (AvgIpc) is 2.69. The van der Waals surface area contributed by atoms with E-state index in [0.29, 0.717) is 0 Å². The SMILES string of the molecule is CCCCCNCCN(C)Cc1nccn1C. The van der Waals surface area contributed by atoms with Crippen molar-refractivity contribution in [1.29, 1.82) is 0 Å². The molecule has 0 bridgehead atoms. The van der Waals surface area contributed by atoms with Crippen molar-refractivity contribution >= 4 is 0 Å². The minimum absolute atomic E-state index is 0.917. The third-order valence-corrected chi connectivity index (χ3v) is 2.96.